The molecule has 0 radical (unpaired) electrons. The van der Waals surface area contributed by atoms with Crippen LogP contribution in [0.3, 0.4) is 0 Å². The standard InChI is InChI=1S/C10H10ClNO2S/c1-5-6(13-2)4-7(14-3)9-8(5)12-10(11)15-9/h4H,1-3H3. The van der Waals surface area contributed by atoms with E-state index in [1.807, 2.05) is 13.0 Å². The molecule has 0 amide bonds. The molecule has 1 heterocycles. The fourth-order valence-corrected chi connectivity index (χ4v) is 2.65. The number of benzene rings is 1. The molecule has 0 aliphatic carbocycles. The second-order valence-electron chi connectivity index (χ2n) is 3.05. The topological polar surface area (TPSA) is 31.4 Å². The van der Waals surface area contributed by atoms with Gasteiger partial charge in [0.2, 0.25) is 0 Å². The van der Waals surface area contributed by atoms with Crippen molar-refractivity contribution in [2.75, 3.05) is 14.2 Å². The predicted molar refractivity (Wildman–Crippen MR) is 62.5 cm³/mol. The van der Waals surface area contributed by atoms with Crippen molar-refractivity contribution in [2.45, 2.75) is 6.92 Å². The van der Waals surface area contributed by atoms with Crippen LogP contribution >= 0.6 is 22.9 Å². The molecule has 0 saturated carbocycles. The number of fused-ring (bicyclic) bond motifs is 1. The van der Waals surface area contributed by atoms with Crippen LogP contribution in [0.15, 0.2) is 6.07 Å². The zero-order valence-electron chi connectivity index (χ0n) is 8.63. The molecular weight excluding hydrogens is 234 g/mol. The molecular formula is C10H10ClNO2S. The second-order valence-corrected chi connectivity index (χ2v) is 4.63. The Morgan fingerprint density at radius 2 is 1.93 bits per heavy atom. The van der Waals surface area contributed by atoms with Gasteiger partial charge in [-0.1, -0.05) is 22.9 Å². The van der Waals surface area contributed by atoms with Gasteiger partial charge in [-0.2, -0.15) is 0 Å². The lowest BCUT2D eigenvalue weighted by molar-refractivity contribution is 0.396. The third kappa shape index (κ3) is 1.64. The van der Waals surface area contributed by atoms with Gasteiger partial charge in [0.15, 0.2) is 4.47 Å². The summed E-state index contributed by atoms with van der Waals surface area (Å²) in [5.41, 5.74) is 1.83. The Morgan fingerprint density at radius 1 is 1.27 bits per heavy atom. The number of aromatic nitrogens is 1. The number of methoxy groups -OCH3 is 2. The summed E-state index contributed by atoms with van der Waals surface area (Å²) in [5, 5.41) is 0. The van der Waals surface area contributed by atoms with Crippen molar-refractivity contribution in [2.24, 2.45) is 0 Å². The van der Waals surface area contributed by atoms with Crippen LogP contribution < -0.4 is 9.47 Å². The molecule has 0 spiro atoms. The zero-order chi connectivity index (χ0) is 11.0. The first-order valence-electron chi connectivity index (χ1n) is 4.35. The summed E-state index contributed by atoms with van der Waals surface area (Å²) in [4.78, 5) is 4.25. The normalized spacial score (nSPS) is 10.7. The Hall–Kier alpha value is -1.00. The van der Waals surface area contributed by atoms with E-state index in [2.05, 4.69) is 4.98 Å². The van der Waals surface area contributed by atoms with Gasteiger partial charge in [-0.15, -0.1) is 0 Å². The third-order valence-electron chi connectivity index (χ3n) is 2.25. The number of hydrogen-bond donors (Lipinski definition) is 0. The first-order valence-corrected chi connectivity index (χ1v) is 5.54. The van der Waals surface area contributed by atoms with Crippen LogP contribution in [0.4, 0.5) is 0 Å². The molecule has 2 aromatic rings. The highest BCUT2D eigenvalue weighted by molar-refractivity contribution is 7.22. The summed E-state index contributed by atoms with van der Waals surface area (Å²) in [5.74, 6) is 1.51. The van der Waals surface area contributed by atoms with E-state index in [1.165, 1.54) is 11.3 Å². The minimum Gasteiger partial charge on any atom is -0.496 e. The molecule has 0 saturated heterocycles. The molecule has 2 rings (SSSR count). The average molecular weight is 244 g/mol. The van der Waals surface area contributed by atoms with Crippen LogP contribution in [-0.2, 0) is 0 Å². The smallest absolute Gasteiger partial charge is 0.184 e. The van der Waals surface area contributed by atoms with Crippen LogP contribution in [-0.4, -0.2) is 19.2 Å². The Balaban J connectivity index is 2.83. The zero-order valence-corrected chi connectivity index (χ0v) is 10.2. The molecule has 1 aromatic carbocycles. The number of rotatable bonds is 2. The lowest BCUT2D eigenvalue weighted by atomic mass is 10.2. The summed E-state index contributed by atoms with van der Waals surface area (Å²) in [6.45, 7) is 1.96. The quantitative estimate of drug-likeness (QED) is 0.811. The van der Waals surface area contributed by atoms with Gasteiger partial charge in [-0.05, 0) is 6.92 Å². The van der Waals surface area contributed by atoms with Gasteiger partial charge in [0, 0.05) is 11.6 Å². The maximum Gasteiger partial charge on any atom is 0.184 e. The van der Waals surface area contributed by atoms with Crippen LogP contribution in [0, 0.1) is 6.92 Å². The lowest BCUT2D eigenvalue weighted by Gasteiger charge is -2.08. The maximum atomic E-state index is 5.89. The van der Waals surface area contributed by atoms with E-state index in [1.54, 1.807) is 14.2 Å². The number of halogens is 1. The van der Waals surface area contributed by atoms with E-state index in [-0.39, 0.29) is 0 Å². The van der Waals surface area contributed by atoms with Gasteiger partial charge in [-0.25, -0.2) is 4.98 Å². The Kier molecular flexibility index (Phi) is 2.71. The first kappa shape index (κ1) is 10.5. The number of aryl methyl sites for hydroxylation is 1. The molecule has 80 valence electrons. The minimum atomic E-state index is 0.514. The largest absolute Gasteiger partial charge is 0.496 e. The molecule has 0 aliphatic heterocycles. The number of nitrogens with zero attached hydrogens (tertiary/aromatic N) is 1. The van der Waals surface area contributed by atoms with E-state index in [0.717, 1.165) is 27.3 Å². The fourth-order valence-electron chi connectivity index (χ4n) is 1.49. The third-order valence-corrected chi connectivity index (χ3v) is 3.43. The Morgan fingerprint density at radius 3 is 2.53 bits per heavy atom. The SMILES string of the molecule is COc1cc(OC)c2sc(Cl)nc2c1C. The molecule has 0 bridgehead atoms. The van der Waals surface area contributed by atoms with Crippen molar-refractivity contribution in [1.82, 2.24) is 4.98 Å². The van der Waals surface area contributed by atoms with Crippen molar-refractivity contribution in [3.8, 4) is 11.5 Å². The van der Waals surface area contributed by atoms with Gasteiger partial charge in [-0.3, -0.25) is 0 Å². The molecule has 3 nitrogen and oxygen atoms in total. The molecule has 0 N–H and O–H groups in total. The van der Waals surface area contributed by atoms with Gasteiger partial charge in [0.1, 0.15) is 11.5 Å². The van der Waals surface area contributed by atoms with Gasteiger partial charge in [0.05, 0.1) is 24.4 Å². The molecule has 5 heteroatoms. The highest BCUT2D eigenvalue weighted by atomic mass is 35.5. The van der Waals surface area contributed by atoms with E-state index >= 15 is 0 Å². The van der Waals surface area contributed by atoms with Crippen molar-refractivity contribution in [3.05, 3.63) is 16.1 Å². The van der Waals surface area contributed by atoms with Gasteiger partial charge >= 0.3 is 0 Å². The van der Waals surface area contributed by atoms with E-state index in [9.17, 15) is 0 Å². The van der Waals surface area contributed by atoms with Crippen molar-refractivity contribution in [3.63, 3.8) is 0 Å². The van der Waals surface area contributed by atoms with Gasteiger partial charge in [0.25, 0.3) is 0 Å². The van der Waals surface area contributed by atoms with Crippen molar-refractivity contribution < 1.29 is 9.47 Å². The fraction of sp³-hybridized carbons (Fsp3) is 0.300. The minimum absolute atomic E-state index is 0.514. The monoisotopic (exact) mass is 243 g/mol. The lowest BCUT2D eigenvalue weighted by Crippen LogP contribution is -1.91. The predicted octanol–water partition coefficient (Wildman–Crippen LogP) is 3.28. The second kappa shape index (κ2) is 3.87. The summed E-state index contributed by atoms with van der Waals surface area (Å²) >= 11 is 7.30. The number of thiazole rings is 1. The average Bonchev–Trinajstić information content (AvgIpc) is 2.61. The van der Waals surface area contributed by atoms with Crippen LogP contribution in [0.25, 0.3) is 10.2 Å². The number of ether oxygens (including phenoxy) is 2. The van der Waals surface area contributed by atoms with Gasteiger partial charge < -0.3 is 9.47 Å². The summed E-state index contributed by atoms with van der Waals surface area (Å²) in [6.07, 6.45) is 0. The first-order chi connectivity index (χ1) is 7.17. The summed E-state index contributed by atoms with van der Waals surface area (Å²) in [6, 6.07) is 1.85. The molecule has 0 atom stereocenters. The summed E-state index contributed by atoms with van der Waals surface area (Å²) < 4.78 is 12.0. The summed E-state index contributed by atoms with van der Waals surface area (Å²) in [7, 11) is 3.25. The molecule has 0 unspecified atom stereocenters. The molecule has 15 heavy (non-hydrogen) atoms. The number of hydrogen-bond acceptors (Lipinski definition) is 4. The highest BCUT2D eigenvalue weighted by Crippen LogP contribution is 2.39. The van der Waals surface area contributed by atoms with E-state index in [0.29, 0.717) is 4.47 Å². The molecule has 0 aliphatic rings. The Labute approximate surface area is 96.6 Å². The van der Waals surface area contributed by atoms with Crippen LogP contribution in [0.5, 0.6) is 11.5 Å². The molecule has 0 fully saturated rings. The highest BCUT2D eigenvalue weighted by Gasteiger charge is 2.14. The van der Waals surface area contributed by atoms with E-state index in [4.69, 9.17) is 21.1 Å². The van der Waals surface area contributed by atoms with Crippen LogP contribution in [0.1, 0.15) is 5.56 Å². The van der Waals surface area contributed by atoms with Crippen LogP contribution in [0.2, 0.25) is 4.47 Å². The van der Waals surface area contributed by atoms with Crippen molar-refractivity contribution in [1.29, 1.82) is 0 Å². The van der Waals surface area contributed by atoms with E-state index < -0.39 is 0 Å². The maximum absolute atomic E-state index is 5.89. The molecule has 1 aromatic heterocycles. The Bertz CT molecular complexity index is 510. The van der Waals surface area contributed by atoms with Crippen molar-refractivity contribution >= 4 is 33.2 Å².